The van der Waals surface area contributed by atoms with Gasteiger partial charge in [0.05, 0.1) is 23.1 Å². The largest absolute Gasteiger partial charge is 0.478 e. The van der Waals surface area contributed by atoms with E-state index in [1.807, 2.05) is 0 Å². The molecule has 1 aromatic carbocycles. The normalized spacial score (nSPS) is 12.9. The maximum atomic E-state index is 11.3. The topological polar surface area (TPSA) is 127 Å². The molecule has 0 aliphatic carbocycles. The molecule has 9 nitrogen and oxygen atoms in total. The molecule has 2 N–H and O–H groups in total. The molecule has 21 heavy (non-hydrogen) atoms. The Labute approximate surface area is 117 Å². The van der Waals surface area contributed by atoms with Gasteiger partial charge in [-0.3, -0.25) is 14.9 Å². The molecule has 106 valence electrons. The molecule has 2 heterocycles. The third kappa shape index (κ3) is 2.10. The number of hydrogen-bond donors (Lipinski definition) is 2. The molecule has 1 aliphatic heterocycles. The summed E-state index contributed by atoms with van der Waals surface area (Å²) in [6, 6.07) is 2.71. The van der Waals surface area contributed by atoms with Crippen LogP contribution in [0, 0.1) is 10.1 Å². The summed E-state index contributed by atoms with van der Waals surface area (Å²) in [7, 11) is 0. The van der Waals surface area contributed by atoms with Crippen molar-refractivity contribution in [2.75, 3.05) is 5.32 Å². The van der Waals surface area contributed by atoms with Crippen LogP contribution in [0.4, 0.5) is 11.4 Å². The second-order valence-corrected chi connectivity index (χ2v) is 4.46. The van der Waals surface area contributed by atoms with Gasteiger partial charge in [-0.15, -0.1) is 0 Å². The number of aromatic carboxylic acids is 1. The summed E-state index contributed by atoms with van der Waals surface area (Å²) in [4.78, 5) is 32.8. The zero-order valence-corrected chi connectivity index (χ0v) is 10.4. The van der Waals surface area contributed by atoms with E-state index in [9.17, 15) is 19.7 Å². The Kier molecular flexibility index (Phi) is 2.68. The highest BCUT2D eigenvalue weighted by molar-refractivity contribution is 6.00. The average Bonchev–Trinajstić information content (AvgIpc) is 3.01. The predicted molar refractivity (Wildman–Crippen MR) is 69.5 cm³/mol. The van der Waals surface area contributed by atoms with Crippen LogP contribution in [-0.2, 0) is 11.2 Å². The molecule has 1 aliphatic rings. The monoisotopic (exact) mass is 288 g/mol. The molecule has 0 radical (unpaired) electrons. The number of nitro groups is 1. The minimum absolute atomic E-state index is 0.0793. The van der Waals surface area contributed by atoms with Crippen LogP contribution in [0.3, 0.4) is 0 Å². The summed E-state index contributed by atoms with van der Waals surface area (Å²) in [5, 5.41) is 26.4. The predicted octanol–water partition coefficient (Wildman–Crippen LogP) is 0.973. The van der Waals surface area contributed by atoms with Crippen molar-refractivity contribution < 1.29 is 19.6 Å². The van der Waals surface area contributed by atoms with Crippen LogP contribution in [0.25, 0.3) is 5.69 Å². The number of anilines is 1. The highest BCUT2D eigenvalue weighted by atomic mass is 16.6. The van der Waals surface area contributed by atoms with Gasteiger partial charge in [-0.25, -0.2) is 9.48 Å². The van der Waals surface area contributed by atoms with Gasteiger partial charge in [0.15, 0.2) is 0 Å². The SMILES string of the molecule is O=C1Cc2cc([N+](=O)[O-])c(-n3cc(C(=O)O)cn3)cc2N1. The molecule has 2 aromatic rings. The first-order chi connectivity index (χ1) is 9.95. The summed E-state index contributed by atoms with van der Waals surface area (Å²) in [5.74, 6) is -1.43. The number of benzene rings is 1. The lowest BCUT2D eigenvalue weighted by Gasteiger charge is -2.06. The van der Waals surface area contributed by atoms with Gasteiger partial charge in [0.2, 0.25) is 5.91 Å². The van der Waals surface area contributed by atoms with E-state index in [1.54, 1.807) is 0 Å². The standard InChI is InChI=1S/C12H8N4O5/c17-11-2-6-1-10(16(20)21)9(3-8(6)14-11)15-5-7(4-13-15)12(18)19/h1,3-5H,2H2,(H,14,17)(H,18,19). The highest BCUT2D eigenvalue weighted by Crippen LogP contribution is 2.33. The lowest BCUT2D eigenvalue weighted by Crippen LogP contribution is -2.04. The Morgan fingerprint density at radius 1 is 1.48 bits per heavy atom. The summed E-state index contributed by atoms with van der Waals surface area (Å²) in [6.45, 7) is 0. The number of amides is 1. The van der Waals surface area contributed by atoms with Crippen LogP contribution in [0.15, 0.2) is 24.5 Å². The van der Waals surface area contributed by atoms with Crippen molar-refractivity contribution in [3.63, 3.8) is 0 Å². The van der Waals surface area contributed by atoms with Gasteiger partial charge in [-0.05, 0) is 11.6 Å². The Bertz CT molecular complexity index is 795. The number of nitrogens with zero attached hydrogens (tertiary/aromatic N) is 3. The second-order valence-electron chi connectivity index (χ2n) is 4.46. The van der Waals surface area contributed by atoms with E-state index in [1.165, 1.54) is 18.3 Å². The Hall–Kier alpha value is -3.23. The van der Waals surface area contributed by atoms with Gasteiger partial charge >= 0.3 is 5.97 Å². The van der Waals surface area contributed by atoms with Gasteiger partial charge in [-0.2, -0.15) is 5.10 Å². The Morgan fingerprint density at radius 2 is 2.24 bits per heavy atom. The minimum Gasteiger partial charge on any atom is -0.478 e. The van der Waals surface area contributed by atoms with E-state index >= 15 is 0 Å². The van der Waals surface area contributed by atoms with Gasteiger partial charge in [-0.1, -0.05) is 0 Å². The van der Waals surface area contributed by atoms with Crippen molar-refractivity contribution in [2.45, 2.75) is 6.42 Å². The van der Waals surface area contributed by atoms with Crippen LogP contribution in [0.5, 0.6) is 0 Å². The molecule has 1 aromatic heterocycles. The average molecular weight is 288 g/mol. The van der Waals surface area contributed by atoms with Gasteiger partial charge in [0, 0.05) is 18.0 Å². The fourth-order valence-corrected chi connectivity index (χ4v) is 2.14. The number of aromatic nitrogens is 2. The quantitative estimate of drug-likeness (QED) is 0.640. The first kappa shape index (κ1) is 12.8. The van der Waals surface area contributed by atoms with Crippen LogP contribution < -0.4 is 5.32 Å². The molecule has 0 saturated carbocycles. The first-order valence-electron chi connectivity index (χ1n) is 5.85. The van der Waals surface area contributed by atoms with Crippen molar-refractivity contribution in [1.82, 2.24) is 9.78 Å². The number of carboxylic acid groups (broad SMARTS) is 1. The zero-order valence-electron chi connectivity index (χ0n) is 10.4. The molecule has 0 atom stereocenters. The third-order valence-electron chi connectivity index (χ3n) is 3.10. The summed E-state index contributed by atoms with van der Waals surface area (Å²) >= 11 is 0. The van der Waals surface area contributed by atoms with Gasteiger partial charge in [0.1, 0.15) is 5.69 Å². The summed E-state index contributed by atoms with van der Waals surface area (Å²) in [6.07, 6.45) is 2.35. The number of carbonyl (C=O) groups is 2. The van der Waals surface area contributed by atoms with E-state index in [0.717, 1.165) is 10.9 Å². The van der Waals surface area contributed by atoms with Gasteiger partial charge < -0.3 is 10.4 Å². The smallest absolute Gasteiger partial charge is 0.338 e. The lowest BCUT2D eigenvalue weighted by atomic mass is 10.1. The lowest BCUT2D eigenvalue weighted by molar-refractivity contribution is -0.384. The molecular formula is C12H8N4O5. The molecule has 0 fully saturated rings. The van der Waals surface area contributed by atoms with Crippen molar-refractivity contribution in [1.29, 1.82) is 0 Å². The third-order valence-corrected chi connectivity index (χ3v) is 3.10. The number of nitrogens with one attached hydrogen (secondary N) is 1. The molecule has 0 bridgehead atoms. The van der Waals surface area contributed by atoms with E-state index in [0.29, 0.717) is 11.3 Å². The zero-order chi connectivity index (χ0) is 15.1. The Balaban J connectivity index is 2.16. The molecule has 0 unspecified atom stereocenters. The molecular weight excluding hydrogens is 280 g/mol. The maximum Gasteiger partial charge on any atom is 0.338 e. The van der Waals surface area contributed by atoms with Crippen LogP contribution in [0.1, 0.15) is 15.9 Å². The van der Waals surface area contributed by atoms with Crippen molar-refractivity contribution >= 4 is 23.3 Å². The summed E-state index contributed by atoms with van der Waals surface area (Å²) < 4.78 is 1.10. The number of fused-ring (bicyclic) bond motifs is 1. The number of carbonyl (C=O) groups excluding carboxylic acids is 1. The molecule has 1 amide bonds. The highest BCUT2D eigenvalue weighted by Gasteiger charge is 2.26. The summed E-state index contributed by atoms with van der Waals surface area (Å²) in [5.41, 5.74) is 0.751. The number of hydrogen-bond acceptors (Lipinski definition) is 5. The second kappa shape index (κ2) is 4.40. The fourth-order valence-electron chi connectivity index (χ4n) is 2.14. The minimum atomic E-state index is -1.18. The molecule has 3 rings (SSSR count). The van der Waals surface area contributed by atoms with Crippen molar-refractivity contribution in [3.05, 3.63) is 45.8 Å². The first-order valence-corrected chi connectivity index (χ1v) is 5.85. The molecule has 9 heteroatoms. The van der Waals surface area contributed by atoms with Crippen LogP contribution >= 0.6 is 0 Å². The number of carboxylic acids is 1. The van der Waals surface area contributed by atoms with Crippen LogP contribution in [0.2, 0.25) is 0 Å². The van der Waals surface area contributed by atoms with E-state index in [4.69, 9.17) is 5.11 Å². The Morgan fingerprint density at radius 3 is 2.86 bits per heavy atom. The van der Waals surface area contributed by atoms with E-state index in [2.05, 4.69) is 10.4 Å². The van der Waals surface area contributed by atoms with E-state index in [-0.39, 0.29) is 29.3 Å². The van der Waals surface area contributed by atoms with E-state index < -0.39 is 10.9 Å². The van der Waals surface area contributed by atoms with Gasteiger partial charge in [0.25, 0.3) is 5.69 Å². The van der Waals surface area contributed by atoms with Crippen LogP contribution in [-0.4, -0.2) is 31.7 Å². The maximum absolute atomic E-state index is 11.3. The number of nitro benzene ring substituents is 1. The van der Waals surface area contributed by atoms with Crippen molar-refractivity contribution in [3.8, 4) is 5.69 Å². The molecule has 0 saturated heterocycles. The molecule has 0 spiro atoms. The number of rotatable bonds is 3. The van der Waals surface area contributed by atoms with Crippen molar-refractivity contribution in [2.24, 2.45) is 0 Å². The fraction of sp³-hybridized carbons (Fsp3) is 0.0833.